The van der Waals surface area contributed by atoms with E-state index in [2.05, 4.69) is 44.0 Å². The molecule has 2 rings (SSSR count). The highest BCUT2D eigenvalue weighted by Crippen LogP contribution is 2.33. The van der Waals surface area contributed by atoms with Crippen LogP contribution in [0.3, 0.4) is 0 Å². The van der Waals surface area contributed by atoms with Gasteiger partial charge in [0.15, 0.2) is 17.3 Å². The highest BCUT2D eigenvalue weighted by Gasteiger charge is 2.15. The molecule has 0 unspecified atom stereocenters. The maximum atomic E-state index is 11.6. The van der Waals surface area contributed by atoms with Crippen LogP contribution in [0.1, 0.15) is 26.6 Å². The number of carbonyl (C=O) groups excluding carboxylic acids is 2. The Balaban J connectivity index is 2.30. The highest BCUT2D eigenvalue weighted by molar-refractivity contribution is 5.87. The molecule has 0 amide bonds. The second kappa shape index (κ2) is 14.0. The summed E-state index contributed by atoms with van der Waals surface area (Å²) in [6.45, 7) is 12.6. The number of rotatable bonds is 14. The van der Waals surface area contributed by atoms with Gasteiger partial charge in [-0.3, -0.25) is 10.1 Å². The van der Waals surface area contributed by atoms with Gasteiger partial charge in [-0.25, -0.2) is 19.6 Å². The summed E-state index contributed by atoms with van der Waals surface area (Å²) < 4.78 is 10.2. The Hall–Kier alpha value is -4.68. The van der Waals surface area contributed by atoms with Gasteiger partial charge in [-0.2, -0.15) is 5.11 Å². The van der Waals surface area contributed by atoms with E-state index in [-0.39, 0.29) is 48.8 Å². The summed E-state index contributed by atoms with van der Waals surface area (Å²) >= 11 is 0. The summed E-state index contributed by atoms with van der Waals surface area (Å²) in [4.78, 5) is 42.6. The van der Waals surface area contributed by atoms with Crippen LogP contribution in [-0.2, 0) is 25.5 Å². The molecule has 196 valence electrons. The molecule has 13 nitrogen and oxygen atoms in total. The standard InChI is InChI=1S/C24H29N7O6/c1-6-19-27-21(25-11-13-36-23(32)15(2)3)20(22(28-19)26-12-14-37-24(33)16(4)5)30-29-17-7-9-18(10-8-17)31(34)35/h7-10H,2,4,6,11-14H2,1,3,5H3,(H2,25,26,27,28). The molecule has 0 atom stereocenters. The molecule has 1 aromatic heterocycles. The number of anilines is 2. The number of non-ortho nitro benzene ring substituents is 1. The average Bonchev–Trinajstić information content (AvgIpc) is 2.87. The van der Waals surface area contributed by atoms with E-state index in [4.69, 9.17) is 9.47 Å². The highest BCUT2D eigenvalue weighted by atomic mass is 16.6. The molecule has 0 aliphatic carbocycles. The molecule has 2 N–H and O–H groups in total. The van der Waals surface area contributed by atoms with Crippen molar-refractivity contribution in [2.24, 2.45) is 10.2 Å². The molecule has 1 aromatic carbocycles. The van der Waals surface area contributed by atoms with Crippen LogP contribution in [0.15, 0.2) is 58.8 Å². The number of hydrogen-bond acceptors (Lipinski definition) is 12. The Bertz CT molecular complexity index is 1140. The molecule has 2 aromatic rings. The van der Waals surface area contributed by atoms with Gasteiger partial charge < -0.3 is 20.1 Å². The van der Waals surface area contributed by atoms with Crippen molar-refractivity contribution in [2.45, 2.75) is 27.2 Å². The van der Waals surface area contributed by atoms with E-state index in [1.807, 2.05) is 6.92 Å². The zero-order valence-electron chi connectivity index (χ0n) is 20.9. The number of nitro benzene ring substituents is 1. The molecule has 0 aliphatic rings. The molecule has 0 saturated heterocycles. The molecule has 0 radical (unpaired) electrons. The number of azo groups is 1. The van der Waals surface area contributed by atoms with Crippen molar-refractivity contribution >= 4 is 40.6 Å². The van der Waals surface area contributed by atoms with Gasteiger partial charge >= 0.3 is 11.9 Å². The number of hydrogen-bond donors (Lipinski definition) is 2. The summed E-state index contributed by atoms with van der Waals surface area (Å²) in [5.74, 6) is 0.125. The van der Waals surface area contributed by atoms with E-state index >= 15 is 0 Å². The molecule has 0 aliphatic heterocycles. The summed E-state index contributed by atoms with van der Waals surface area (Å²) in [6, 6.07) is 5.54. The zero-order valence-corrected chi connectivity index (χ0v) is 20.9. The summed E-state index contributed by atoms with van der Waals surface area (Å²) in [6.07, 6.45) is 0.512. The Labute approximate surface area is 213 Å². The maximum absolute atomic E-state index is 11.6. The van der Waals surface area contributed by atoms with Crippen molar-refractivity contribution < 1.29 is 24.0 Å². The Morgan fingerprint density at radius 1 is 0.946 bits per heavy atom. The van der Waals surface area contributed by atoms with E-state index < -0.39 is 16.9 Å². The number of nitro groups is 1. The number of esters is 2. The Kier molecular flexibility index (Phi) is 10.8. The zero-order chi connectivity index (χ0) is 27.4. The van der Waals surface area contributed by atoms with Crippen LogP contribution in [0.4, 0.5) is 28.7 Å². The molecular formula is C24H29N7O6. The van der Waals surface area contributed by atoms with Crippen LogP contribution in [0, 0.1) is 10.1 Å². The summed E-state index contributed by atoms with van der Waals surface area (Å²) in [7, 11) is 0. The van der Waals surface area contributed by atoms with Crippen LogP contribution >= 0.6 is 0 Å². The van der Waals surface area contributed by atoms with Crippen molar-refractivity contribution in [3.05, 3.63) is 64.5 Å². The number of ether oxygens (including phenoxy) is 2. The maximum Gasteiger partial charge on any atom is 0.333 e. The average molecular weight is 512 g/mol. The number of nitrogens with one attached hydrogen (secondary N) is 2. The molecule has 0 spiro atoms. The number of benzene rings is 1. The lowest BCUT2D eigenvalue weighted by atomic mass is 10.3. The quantitative estimate of drug-likeness (QED) is 0.0923. The minimum Gasteiger partial charge on any atom is -0.460 e. The second-order valence-electron chi connectivity index (χ2n) is 7.70. The van der Waals surface area contributed by atoms with Gasteiger partial charge in [-0.1, -0.05) is 20.1 Å². The van der Waals surface area contributed by atoms with Gasteiger partial charge in [0, 0.05) is 29.7 Å². The van der Waals surface area contributed by atoms with Crippen LogP contribution in [0.25, 0.3) is 0 Å². The van der Waals surface area contributed by atoms with Crippen LogP contribution in [-0.4, -0.2) is 53.1 Å². The van der Waals surface area contributed by atoms with E-state index in [1.165, 1.54) is 24.3 Å². The first-order valence-corrected chi connectivity index (χ1v) is 11.3. The molecule has 13 heteroatoms. The third-order valence-electron chi connectivity index (χ3n) is 4.52. The van der Waals surface area contributed by atoms with Crippen molar-refractivity contribution in [3.8, 4) is 0 Å². The second-order valence-corrected chi connectivity index (χ2v) is 7.70. The normalized spacial score (nSPS) is 10.6. The van der Waals surface area contributed by atoms with E-state index in [0.717, 1.165) is 0 Å². The first kappa shape index (κ1) is 28.6. The first-order valence-electron chi connectivity index (χ1n) is 11.3. The smallest absolute Gasteiger partial charge is 0.333 e. The van der Waals surface area contributed by atoms with Gasteiger partial charge in [0.25, 0.3) is 5.69 Å². The fourth-order valence-corrected chi connectivity index (χ4v) is 2.62. The molecule has 0 saturated carbocycles. The van der Waals surface area contributed by atoms with Gasteiger partial charge in [-0.15, -0.1) is 5.11 Å². The van der Waals surface area contributed by atoms with Gasteiger partial charge in [0.05, 0.1) is 23.7 Å². The molecule has 0 fully saturated rings. The topological polar surface area (TPSA) is 170 Å². The number of carbonyl (C=O) groups is 2. The van der Waals surface area contributed by atoms with Gasteiger partial charge in [-0.05, 0) is 26.0 Å². The van der Waals surface area contributed by atoms with Crippen molar-refractivity contribution in [3.63, 3.8) is 0 Å². The summed E-state index contributed by atoms with van der Waals surface area (Å²) in [5, 5.41) is 25.5. The van der Waals surface area contributed by atoms with Crippen molar-refractivity contribution in [1.82, 2.24) is 9.97 Å². The molecule has 0 bridgehead atoms. The lowest BCUT2D eigenvalue weighted by molar-refractivity contribution is -0.384. The fourth-order valence-electron chi connectivity index (χ4n) is 2.62. The van der Waals surface area contributed by atoms with Gasteiger partial charge in [0.2, 0.25) is 0 Å². The summed E-state index contributed by atoms with van der Waals surface area (Å²) in [5.41, 5.74) is 1.10. The van der Waals surface area contributed by atoms with Gasteiger partial charge in [0.1, 0.15) is 19.0 Å². The monoisotopic (exact) mass is 511 g/mol. The predicted molar refractivity (Wildman–Crippen MR) is 137 cm³/mol. The largest absolute Gasteiger partial charge is 0.460 e. The van der Waals surface area contributed by atoms with E-state index in [0.29, 0.717) is 29.6 Å². The fraction of sp³-hybridized carbons (Fsp3) is 0.333. The number of nitrogens with zero attached hydrogens (tertiary/aromatic N) is 5. The number of aryl methyl sites for hydroxylation is 1. The minimum atomic E-state index is -0.511. The lowest BCUT2D eigenvalue weighted by Gasteiger charge is -2.14. The first-order chi connectivity index (χ1) is 17.6. The van der Waals surface area contributed by atoms with Crippen LogP contribution in [0.2, 0.25) is 0 Å². The Morgan fingerprint density at radius 3 is 1.84 bits per heavy atom. The third kappa shape index (κ3) is 9.12. The molecular weight excluding hydrogens is 482 g/mol. The predicted octanol–water partition coefficient (Wildman–Crippen LogP) is 4.43. The minimum absolute atomic E-state index is 0.0513. The number of aromatic nitrogens is 2. The van der Waals surface area contributed by atoms with Crippen molar-refractivity contribution in [2.75, 3.05) is 36.9 Å². The van der Waals surface area contributed by atoms with Crippen LogP contribution in [0.5, 0.6) is 0 Å². The SMILES string of the molecule is C=C(C)C(=O)OCCNc1nc(CC)nc(NCCOC(=O)C(=C)C)c1N=Nc1ccc([N+](=O)[O-])cc1. The Morgan fingerprint density at radius 2 is 1.43 bits per heavy atom. The third-order valence-corrected chi connectivity index (χ3v) is 4.52. The van der Waals surface area contributed by atoms with Crippen molar-refractivity contribution in [1.29, 1.82) is 0 Å². The van der Waals surface area contributed by atoms with E-state index in [9.17, 15) is 19.7 Å². The lowest BCUT2D eigenvalue weighted by Crippen LogP contribution is -2.17. The van der Waals surface area contributed by atoms with E-state index in [1.54, 1.807) is 13.8 Å². The van der Waals surface area contributed by atoms with Crippen LogP contribution < -0.4 is 10.6 Å². The molecule has 37 heavy (non-hydrogen) atoms. The molecule has 1 heterocycles.